The van der Waals surface area contributed by atoms with E-state index in [0.717, 1.165) is 44.9 Å². The molecular formula is C40H77O10P. The SMILES string of the molecule is CCCCCCCCCC/C=C\CCCCCCCCCCCCCC(=O)OC(CO)COP(=O)(O)OCC(CO)OC(=O)CCCCCCC. The standard InChI is InChI=1S/C40H77O10P/c1-3-5-7-9-10-11-12-13-14-15-16-17-18-19-20-21-22-23-24-25-26-28-30-32-40(44)50-38(34-42)36-48-51(45,46)47-35-37(33-41)49-39(43)31-29-27-8-6-4-2/h15-16,37-38,41-42H,3-14,17-36H2,1-2H3,(H,45,46)/b16-15-. The summed E-state index contributed by atoms with van der Waals surface area (Å²) in [5.74, 6) is -1.03. The molecule has 0 aliphatic rings. The van der Waals surface area contributed by atoms with Crippen molar-refractivity contribution in [1.29, 1.82) is 0 Å². The number of ether oxygens (including phenoxy) is 2. The van der Waals surface area contributed by atoms with Gasteiger partial charge in [0.05, 0.1) is 26.4 Å². The van der Waals surface area contributed by atoms with Crippen molar-refractivity contribution in [1.82, 2.24) is 0 Å². The van der Waals surface area contributed by atoms with Gasteiger partial charge in [0.1, 0.15) is 12.2 Å². The molecule has 302 valence electrons. The molecule has 0 aromatic carbocycles. The average Bonchev–Trinajstić information content (AvgIpc) is 3.12. The average molecular weight is 749 g/mol. The molecule has 3 N–H and O–H groups in total. The molecule has 10 nitrogen and oxygen atoms in total. The first-order chi connectivity index (χ1) is 24.8. The minimum Gasteiger partial charge on any atom is -0.457 e. The van der Waals surface area contributed by atoms with Gasteiger partial charge in [-0.25, -0.2) is 4.57 Å². The lowest BCUT2D eigenvalue weighted by molar-refractivity contribution is -0.153. The summed E-state index contributed by atoms with van der Waals surface area (Å²) in [6.07, 6.45) is 34.0. The minimum atomic E-state index is -4.62. The van der Waals surface area contributed by atoms with E-state index in [2.05, 4.69) is 26.0 Å². The monoisotopic (exact) mass is 749 g/mol. The van der Waals surface area contributed by atoms with E-state index in [1.165, 1.54) is 109 Å². The fraction of sp³-hybridized carbons (Fsp3) is 0.900. The highest BCUT2D eigenvalue weighted by atomic mass is 31.2. The number of phosphoric ester groups is 1. The molecule has 51 heavy (non-hydrogen) atoms. The molecule has 0 aromatic heterocycles. The number of esters is 2. The minimum absolute atomic E-state index is 0.190. The van der Waals surface area contributed by atoms with E-state index in [1.54, 1.807) is 0 Å². The molecule has 0 bridgehead atoms. The van der Waals surface area contributed by atoms with Crippen LogP contribution in [0.4, 0.5) is 0 Å². The van der Waals surface area contributed by atoms with Crippen molar-refractivity contribution in [3.05, 3.63) is 12.2 Å². The molecule has 0 aromatic rings. The van der Waals surface area contributed by atoms with Gasteiger partial charge in [-0.1, -0.05) is 154 Å². The van der Waals surface area contributed by atoms with Gasteiger partial charge in [-0.3, -0.25) is 18.6 Å². The largest absolute Gasteiger partial charge is 0.472 e. The fourth-order valence-corrected chi connectivity index (χ4v) is 6.54. The van der Waals surface area contributed by atoms with Crippen LogP contribution in [0.25, 0.3) is 0 Å². The normalized spacial score (nSPS) is 14.1. The van der Waals surface area contributed by atoms with Crippen LogP contribution in [-0.4, -0.2) is 65.7 Å². The van der Waals surface area contributed by atoms with Crippen LogP contribution in [0.2, 0.25) is 0 Å². The van der Waals surface area contributed by atoms with Gasteiger partial charge in [0.2, 0.25) is 0 Å². The van der Waals surface area contributed by atoms with Crippen LogP contribution in [0.1, 0.15) is 194 Å². The molecule has 0 amide bonds. The van der Waals surface area contributed by atoms with Crippen molar-refractivity contribution >= 4 is 19.8 Å². The predicted molar refractivity (Wildman–Crippen MR) is 205 cm³/mol. The lowest BCUT2D eigenvalue weighted by atomic mass is 10.0. The molecule has 0 aliphatic carbocycles. The molecule has 0 rings (SSSR count). The van der Waals surface area contributed by atoms with Gasteiger partial charge in [-0.05, 0) is 38.5 Å². The third-order valence-corrected chi connectivity index (χ3v) is 9.93. The van der Waals surface area contributed by atoms with Gasteiger partial charge in [0.15, 0.2) is 0 Å². The number of allylic oxidation sites excluding steroid dienone is 2. The van der Waals surface area contributed by atoms with Crippen LogP contribution in [-0.2, 0) is 32.7 Å². The number of unbranched alkanes of at least 4 members (excludes halogenated alkanes) is 23. The van der Waals surface area contributed by atoms with Crippen molar-refractivity contribution in [3.8, 4) is 0 Å². The zero-order valence-electron chi connectivity index (χ0n) is 32.6. The highest BCUT2D eigenvalue weighted by Crippen LogP contribution is 2.43. The van der Waals surface area contributed by atoms with Crippen LogP contribution in [0, 0.1) is 0 Å². The smallest absolute Gasteiger partial charge is 0.457 e. The second-order valence-corrected chi connectivity index (χ2v) is 15.4. The second kappa shape index (κ2) is 37.0. The number of hydrogen-bond donors (Lipinski definition) is 3. The Hall–Kier alpha value is -1.29. The van der Waals surface area contributed by atoms with Gasteiger partial charge < -0.3 is 24.6 Å². The Bertz CT molecular complexity index is 868. The van der Waals surface area contributed by atoms with E-state index < -0.39 is 58.4 Å². The van der Waals surface area contributed by atoms with Crippen molar-refractivity contribution in [2.45, 2.75) is 206 Å². The number of aliphatic hydroxyl groups is 2. The molecule has 0 spiro atoms. The first-order valence-electron chi connectivity index (χ1n) is 20.6. The summed E-state index contributed by atoms with van der Waals surface area (Å²) in [6, 6.07) is 0. The predicted octanol–water partition coefficient (Wildman–Crippen LogP) is 10.4. The summed E-state index contributed by atoms with van der Waals surface area (Å²) in [7, 11) is -4.62. The van der Waals surface area contributed by atoms with Crippen molar-refractivity contribution in [2.24, 2.45) is 0 Å². The van der Waals surface area contributed by atoms with E-state index in [0.29, 0.717) is 12.8 Å². The maximum absolute atomic E-state index is 12.2. The van der Waals surface area contributed by atoms with Crippen molar-refractivity contribution in [2.75, 3.05) is 26.4 Å². The highest BCUT2D eigenvalue weighted by molar-refractivity contribution is 7.47. The quantitative estimate of drug-likeness (QED) is 0.0240. The Morgan fingerprint density at radius 3 is 1.12 bits per heavy atom. The molecule has 0 heterocycles. The Balaban J connectivity index is 3.77. The van der Waals surface area contributed by atoms with Gasteiger partial charge in [-0.15, -0.1) is 0 Å². The highest BCUT2D eigenvalue weighted by Gasteiger charge is 2.27. The fourth-order valence-electron chi connectivity index (χ4n) is 5.76. The number of rotatable bonds is 39. The molecule has 0 saturated heterocycles. The number of carbonyl (C=O) groups excluding carboxylic acids is 2. The molecule has 0 fully saturated rings. The topological polar surface area (TPSA) is 149 Å². The second-order valence-electron chi connectivity index (χ2n) is 14.0. The van der Waals surface area contributed by atoms with E-state index >= 15 is 0 Å². The number of hydrogen-bond acceptors (Lipinski definition) is 9. The summed E-state index contributed by atoms with van der Waals surface area (Å²) < 4.78 is 32.3. The Labute approximate surface area is 311 Å². The zero-order chi connectivity index (χ0) is 37.7. The van der Waals surface area contributed by atoms with E-state index in [-0.39, 0.29) is 12.8 Å². The number of aliphatic hydroxyl groups excluding tert-OH is 2. The maximum Gasteiger partial charge on any atom is 0.472 e. The summed E-state index contributed by atoms with van der Waals surface area (Å²) in [5, 5.41) is 19.0. The summed E-state index contributed by atoms with van der Waals surface area (Å²) in [6.45, 7) is 2.10. The van der Waals surface area contributed by atoms with Gasteiger partial charge in [0, 0.05) is 12.8 Å². The van der Waals surface area contributed by atoms with Gasteiger partial charge >= 0.3 is 19.8 Å². The summed E-state index contributed by atoms with van der Waals surface area (Å²) in [4.78, 5) is 34.1. The van der Waals surface area contributed by atoms with E-state index in [1.807, 2.05) is 0 Å². The molecule has 3 unspecified atom stereocenters. The van der Waals surface area contributed by atoms with E-state index in [9.17, 15) is 29.3 Å². The Morgan fingerprint density at radius 1 is 0.510 bits per heavy atom. The Morgan fingerprint density at radius 2 is 0.804 bits per heavy atom. The Kier molecular flexibility index (Phi) is 36.1. The number of phosphoric acid groups is 1. The number of carbonyl (C=O) groups is 2. The first-order valence-corrected chi connectivity index (χ1v) is 22.1. The summed E-state index contributed by atoms with van der Waals surface area (Å²) in [5.41, 5.74) is 0. The molecule has 3 atom stereocenters. The van der Waals surface area contributed by atoms with Gasteiger partial charge in [0.25, 0.3) is 0 Å². The van der Waals surface area contributed by atoms with Crippen molar-refractivity contribution < 1.29 is 47.8 Å². The molecule has 11 heteroatoms. The van der Waals surface area contributed by atoms with Crippen LogP contribution < -0.4 is 0 Å². The van der Waals surface area contributed by atoms with Crippen molar-refractivity contribution in [3.63, 3.8) is 0 Å². The molecular weight excluding hydrogens is 671 g/mol. The molecule has 0 radical (unpaired) electrons. The third kappa shape index (κ3) is 35.5. The van der Waals surface area contributed by atoms with Crippen LogP contribution >= 0.6 is 7.82 Å². The van der Waals surface area contributed by atoms with Crippen LogP contribution in [0.5, 0.6) is 0 Å². The maximum atomic E-state index is 12.2. The molecule has 0 saturated carbocycles. The summed E-state index contributed by atoms with van der Waals surface area (Å²) >= 11 is 0. The lowest BCUT2D eigenvalue weighted by Crippen LogP contribution is -2.28. The lowest BCUT2D eigenvalue weighted by Gasteiger charge is -2.20. The first kappa shape index (κ1) is 49.7. The van der Waals surface area contributed by atoms with Crippen LogP contribution in [0.3, 0.4) is 0 Å². The molecule has 0 aliphatic heterocycles. The van der Waals surface area contributed by atoms with Gasteiger partial charge in [-0.2, -0.15) is 0 Å². The van der Waals surface area contributed by atoms with E-state index in [4.69, 9.17) is 18.5 Å². The van der Waals surface area contributed by atoms with Crippen LogP contribution in [0.15, 0.2) is 12.2 Å². The third-order valence-electron chi connectivity index (χ3n) is 8.98. The zero-order valence-corrected chi connectivity index (χ0v) is 33.5.